The SMILES string of the molecule is COc1ccc(Nc2cc(C(=O)Nc3cccc(C#N)c3)ncn2)cc1Cl. The molecule has 3 rings (SSSR count). The largest absolute Gasteiger partial charge is 0.495 e. The van der Waals surface area contributed by atoms with E-state index in [-0.39, 0.29) is 5.69 Å². The van der Waals surface area contributed by atoms with Crippen LogP contribution in [-0.2, 0) is 0 Å². The minimum absolute atomic E-state index is 0.175. The molecule has 2 aromatic carbocycles. The lowest BCUT2D eigenvalue weighted by Gasteiger charge is -2.09. The summed E-state index contributed by atoms with van der Waals surface area (Å²) in [5.74, 6) is 0.579. The van der Waals surface area contributed by atoms with Crippen LogP contribution in [0.1, 0.15) is 16.1 Å². The molecule has 8 heteroatoms. The van der Waals surface area contributed by atoms with Crippen LogP contribution < -0.4 is 15.4 Å². The van der Waals surface area contributed by atoms with E-state index in [4.69, 9.17) is 21.6 Å². The van der Waals surface area contributed by atoms with E-state index in [0.717, 1.165) is 0 Å². The molecule has 0 fully saturated rings. The number of amides is 1. The van der Waals surface area contributed by atoms with Crippen LogP contribution in [0.25, 0.3) is 0 Å². The highest BCUT2D eigenvalue weighted by atomic mass is 35.5. The highest BCUT2D eigenvalue weighted by Crippen LogP contribution is 2.28. The third-order valence-electron chi connectivity index (χ3n) is 3.57. The minimum atomic E-state index is -0.414. The van der Waals surface area contributed by atoms with Gasteiger partial charge in [-0.05, 0) is 36.4 Å². The third kappa shape index (κ3) is 4.51. The number of nitriles is 1. The molecule has 0 spiro atoms. The molecule has 0 aliphatic heterocycles. The first-order chi connectivity index (χ1) is 13.1. The molecule has 0 saturated heterocycles. The van der Waals surface area contributed by atoms with Crippen molar-refractivity contribution >= 4 is 34.7 Å². The number of nitrogens with zero attached hydrogens (tertiary/aromatic N) is 3. The van der Waals surface area contributed by atoms with Gasteiger partial charge < -0.3 is 15.4 Å². The average Bonchev–Trinajstić information content (AvgIpc) is 2.68. The first-order valence-electron chi connectivity index (χ1n) is 7.83. The molecule has 0 unspecified atom stereocenters. The molecule has 0 bridgehead atoms. The zero-order chi connectivity index (χ0) is 19.2. The first kappa shape index (κ1) is 18.2. The number of anilines is 3. The van der Waals surface area contributed by atoms with Gasteiger partial charge in [-0.25, -0.2) is 9.97 Å². The topological polar surface area (TPSA) is 99.9 Å². The van der Waals surface area contributed by atoms with Crippen molar-refractivity contribution in [2.75, 3.05) is 17.7 Å². The predicted molar refractivity (Wildman–Crippen MR) is 102 cm³/mol. The number of nitrogens with one attached hydrogen (secondary N) is 2. The molecule has 27 heavy (non-hydrogen) atoms. The lowest BCUT2D eigenvalue weighted by Crippen LogP contribution is -2.14. The standard InChI is InChI=1S/C19H14ClN5O2/c1-27-17-6-5-14(8-15(17)20)24-18-9-16(22-11-23-18)19(26)25-13-4-2-3-12(7-13)10-21/h2-9,11H,1H3,(H,25,26)(H,22,23,24). The van der Waals surface area contributed by atoms with Crippen molar-refractivity contribution in [3.05, 3.63) is 71.1 Å². The number of halogens is 1. The second-order valence-corrected chi connectivity index (χ2v) is 5.82. The number of hydrogen-bond acceptors (Lipinski definition) is 6. The first-order valence-corrected chi connectivity index (χ1v) is 8.21. The van der Waals surface area contributed by atoms with E-state index in [1.165, 1.54) is 19.5 Å². The summed E-state index contributed by atoms with van der Waals surface area (Å²) < 4.78 is 5.12. The molecule has 0 aliphatic carbocycles. The molecular formula is C19H14ClN5O2. The molecule has 134 valence electrons. The summed E-state index contributed by atoms with van der Waals surface area (Å²) >= 11 is 6.11. The molecule has 1 heterocycles. The van der Waals surface area contributed by atoms with Gasteiger partial charge in [0.15, 0.2) is 0 Å². The molecule has 1 aromatic heterocycles. The van der Waals surface area contributed by atoms with Crippen molar-refractivity contribution in [2.24, 2.45) is 0 Å². The molecular weight excluding hydrogens is 366 g/mol. The van der Waals surface area contributed by atoms with Gasteiger partial charge >= 0.3 is 0 Å². The molecule has 0 saturated carbocycles. The van der Waals surface area contributed by atoms with Crippen molar-refractivity contribution in [3.8, 4) is 11.8 Å². The van der Waals surface area contributed by atoms with E-state index in [2.05, 4.69) is 20.6 Å². The Bertz CT molecular complexity index is 1030. The Labute approximate surface area is 160 Å². The molecule has 0 aliphatic rings. The van der Waals surface area contributed by atoms with E-state index in [1.807, 2.05) is 6.07 Å². The Morgan fingerprint density at radius 3 is 2.74 bits per heavy atom. The van der Waals surface area contributed by atoms with Crippen molar-refractivity contribution in [1.82, 2.24) is 9.97 Å². The van der Waals surface area contributed by atoms with Crippen LogP contribution in [0.5, 0.6) is 5.75 Å². The van der Waals surface area contributed by atoms with Gasteiger partial charge in [0.1, 0.15) is 23.6 Å². The van der Waals surface area contributed by atoms with Gasteiger partial charge in [0.25, 0.3) is 5.91 Å². The lowest BCUT2D eigenvalue weighted by molar-refractivity contribution is 0.102. The highest BCUT2D eigenvalue weighted by molar-refractivity contribution is 6.32. The van der Waals surface area contributed by atoms with E-state index >= 15 is 0 Å². The lowest BCUT2D eigenvalue weighted by atomic mass is 10.2. The monoisotopic (exact) mass is 379 g/mol. The fourth-order valence-corrected chi connectivity index (χ4v) is 2.56. The van der Waals surface area contributed by atoms with Crippen molar-refractivity contribution < 1.29 is 9.53 Å². The summed E-state index contributed by atoms with van der Waals surface area (Å²) in [6.07, 6.45) is 1.29. The summed E-state index contributed by atoms with van der Waals surface area (Å²) in [6, 6.07) is 15.3. The maximum atomic E-state index is 12.4. The Morgan fingerprint density at radius 2 is 2.00 bits per heavy atom. The number of carbonyl (C=O) groups excluding carboxylic acids is 1. The number of benzene rings is 2. The van der Waals surface area contributed by atoms with Gasteiger partial charge in [-0.15, -0.1) is 0 Å². The summed E-state index contributed by atoms with van der Waals surface area (Å²) in [4.78, 5) is 20.5. The van der Waals surface area contributed by atoms with E-state index in [1.54, 1.807) is 42.5 Å². The van der Waals surface area contributed by atoms with Crippen LogP contribution in [0.15, 0.2) is 54.9 Å². The van der Waals surface area contributed by atoms with Crippen molar-refractivity contribution in [1.29, 1.82) is 5.26 Å². The number of ether oxygens (including phenoxy) is 1. The Morgan fingerprint density at radius 1 is 1.15 bits per heavy atom. The number of hydrogen-bond donors (Lipinski definition) is 2. The Kier molecular flexibility index (Phi) is 5.50. The molecule has 7 nitrogen and oxygen atoms in total. The summed E-state index contributed by atoms with van der Waals surface area (Å²) in [5.41, 5.74) is 1.82. The fraction of sp³-hybridized carbons (Fsp3) is 0.0526. The minimum Gasteiger partial charge on any atom is -0.495 e. The van der Waals surface area contributed by atoms with Crippen molar-refractivity contribution in [2.45, 2.75) is 0 Å². The summed E-state index contributed by atoms with van der Waals surface area (Å²) in [6.45, 7) is 0. The van der Waals surface area contributed by atoms with Gasteiger partial charge in [-0.1, -0.05) is 17.7 Å². The van der Waals surface area contributed by atoms with Crippen LogP contribution in [0.3, 0.4) is 0 Å². The predicted octanol–water partition coefficient (Wildman–Crippen LogP) is 4.01. The third-order valence-corrected chi connectivity index (χ3v) is 3.87. The smallest absolute Gasteiger partial charge is 0.274 e. The van der Waals surface area contributed by atoms with Gasteiger partial charge in [0.2, 0.25) is 0 Å². The second kappa shape index (κ2) is 8.17. The van der Waals surface area contributed by atoms with E-state index in [9.17, 15) is 4.79 Å². The average molecular weight is 380 g/mol. The molecule has 1 amide bonds. The van der Waals surface area contributed by atoms with Crippen LogP contribution >= 0.6 is 11.6 Å². The van der Waals surface area contributed by atoms with Gasteiger partial charge in [0.05, 0.1) is 23.8 Å². The van der Waals surface area contributed by atoms with Crippen LogP contribution in [0.4, 0.5) is 17.2 Å². The van der Waals surface area contributed by atoms with Gasteiger partial charge in [-0.2, -0.15) is 5.26 Å². The normalized spacial score (nSPS) is 9.96. The summed E-state index contributed by atoms with van der Waals surface area (Å²) in [5, 5.41) is 15.1. The Balaban J connectivity index is 1.75. The van der Waals surface area contributed by atoms with E-state index in [0.29, 0.717) is 33.5 Å². The quantitative estimate of drug-likeness (QED) is 0.694. The van der Waals surface area contributed by atoms with Gasteiger partial charge in [-0.3, -0.25) is 4.79 Å². The zero-order valence-corrected chi connectivity index (χ0v) is 15.0. The van der Waals surface area contributed by atoms with Crippen LogP contribution in [-0.4, -0.2) is 23.0 Å². The maximum absolute atomic E-state index is 12.4. The van der Waals surface area contributed by atoms with Crippen LogP contribution in [0.2, 0.25) is 5.02 Å². The number of carbonyl (C=O) groups is 1. The number of methoxy groups -OCH3 is 1. The molecule has 3 aromatic rings. The Hall–Kier alpha value is -3.63. The maximum Gasteiger partial charge on any atom is 0.274 e. The van der Waals surface area contributed by atoms with E-state index < -0.39 is 5.91 Å². The number of aromatic nitrogens is 2. The zero-order valence-electron chi connectivity index (χ0n) is 14.2. The van der Waals surface area contributed by atoms with Crippen molar-refractivity contribution in [3.63, 3.8) is 0 Å². The highest BCUT2D eigenvalue weighted by Gasteiger charge is 2.10. The molecule has 0 radical (unpaired) electrons. The number of rotatable bonds is 5. The summed E-state index contributed by atoms with van der Waals surface area (Å²) in [7, 11) is 1.54. The van der Waals surface area contributed by atoms with Gasteiger partial charge in [0, 0.05) is 17.4 Å². The molecule has 0 atom stereocenters. The van der Waals surface area contributed by atoms with Crippen LogP contribution in [0, 0.1) is 11.3 Å². The fourth-order valence-electron chi connectivity index (χ4n) is 2.30. The molecule has 2 N–H and O–H groups in total. The second-order valence-electron chi connectivity index (χ2n) is 5.41.